The first-order chi connectivity index (χ1) is 40.4. The van der Waals surface area contributed by atoms with Crippen LogP contribution in [0.2, 0.25) is 0 Å². The molecule has 0 amide bonds. The summed E-state index contributed by atoms with van der Waals surface area (Å²) in [5.41, 5.74) is 18.4. The molecule has 0 saturated carbocycles. The molecule has 2 unspecified atom stereocenters. The van der Waals surface area contributed by atoms with Gasteiger partial charge in [-0.05, 0) is 139 Å². The number of Topliss-reactive ketones (excluding diaryl/α,β-unsaturated/α-hetero) is 1. The topological polar surface area (TPSA) is 183 Å². The number of halogens is 2. The van der Waals surface area contributed by atoms with Crippen LogP contribution in [0.25, 0.3) is 22.3 Å². The van der Waals surface area contributed by atoms with Crippen molar-refractivity contribution in [1.29, 1.82) is 0 Å². The zero-order valence-electron chi connectivity index (χ0n) is 52.2. The van der Waals surface area contributed by atoms with Gasteiger partial charge in [-0.1, -0.05) is 126 Å². The van der Waals surface area contributed by atoms with Crippen LogP contribution in [0.1, 0.15) is 150 Å². The third-order valence-corrected chi connectivity index (χ3v) is 15.4. The number of ketones is 1. The molecule has 2 aliphatic rings. The monoisotopic (exact) mass is 1250 g/mol. The molecule has 18 heteroatoms. The summed E-state index contributed by atoms with van der Waals surface area (Å²) in [4.78, 5) is 78.7. The summed E-state index contributed by atoms with van der Waals surface area (Å²) in [6, 6.07) is 33.1. The normalized spacial score (nSPS) is 14.5. The summed E-state index contributed by atoms with van der Waals surface area (Å²) in [5, 5.41) is 9.35. The molecule has 6 aromatic rings. The standard InChI is InChI=1S/C35H43FN2O4.C19H23NO2.C15H21FN2O3.CH4.2H2S/c1-6-42-34(41)18-29(27-11-8-12-28(16-27)35-24(4)9-7-10-25(35)5)17-32(39)31(15-23(2)3)38-20-26(13-14-33(38)40)19-37-21-30(36)22-37;1-4-22-18(21)12-17(20)15-9-6-10-16(11-15)19-13(2)7-5-8-14(19)3;1-10(2)5-13(15(20)21)18-7-11(3-4-14(18)19)6-17-8-12(16)9-17;;;/h7-14,16,20,23,29-31H,6,15,17-19,21-22H2,1-5H3;5-11,17H,4,12,20H2,1-3H3;3-4,7,10,12-13H,5-6,8-9H2,1-2H3,(H,20,21);1H4;2*1H2/t29-,31?;17-;;;;/m00..../s1. The number of esters is 2. The molecule has 4 atom stereocenters. The average Bonchev–Trinajstić information content (AvgIpc) is 3.59. The number of carboxylic acids is 1. The molecule has 4 heterocycles. The zero-order chi connectivity index (χ0) is 62.1. The highest BCUT2D eigenvalue weighted by Crippen LogP contribution is 2.35. The van der Waals surface area contributed by atoms with E-state index in [1.54, 1.807) is 42.9 Å². The number of aromatic nitrogens is 2. The van der Waals surface area contributed by atoms with E-state index in [4.69, 9.17) is 15.2 Å². The fraction of sp³-hybridized carbons (Fsp3) is 0.457. The van der Waals surface area contributed by atoms with Crippen molar-refractivity contribution in [1.82, 2.24) is 18.9 Å². The van der Waals surface area contributed by atoms with Gasteiger partial charge in [0, 0.05) is 82.2 Å². The van der Waals surface area contributed by atoms with Crippen molar-refractivity contribution in [2.24, 2.45) is 17.6 Å². The molecule has 88 heavy (non-hydrogen) atoms. The number of benzene rings is 4. The Bertz CT molecular complexity index is 3320. The average molecular weight is 1250 g/mol. The Balaban J connectivity index is 0.000000372. The molecule has 14 nitrogen and oxygen atoms in total. The fourth-order valence-electron chi connectivity index (χ4n) is 11.2. The van der Waals surface area contributed by atoms with Gasteiger partial charge in [-0.25, -0.2) is 13.6 Å². The van der Waals surface area contributed by atoms with E-state index < -0.39 is 36.3 Å². The van der Waals surface area contributed by atoms with E-state index in [2.05, 4.69) is 82.3 Å². The van der Waals surface area contributed by atoms with Gasteiger partial charge in [-0.15, -0.1) is 0 Å². The highest BCUT2D eigenvalue weighted by molar-refractivity contribution is 7.59. The van der Waals surface area contributed by atoms with Crippen molar-refractivity contribution in [3.63, 3.8) is 0 Å². The molecular formula is C70H95F2N5O9S2. The van der Waals surface area contributed by atoms with E-state index in [1.165, 1.54) is 33.4 Å². The molecule has 2 aliphatic heterocycles. The molecule has 0 radical (unpaired) electrons. The molecular weight excluding hydrogens is 1160 g/mol. The number of hydrogen-bond donors (Lipinski definition) is 2. The minimum atomic E-state index is -1.00. The number of carboxylic acid groups (broad SMARTS) is 1. The highest BCUT2D eigenvalue weighted by Gasteiger charge is 2.31. The lowest BCUT2D eigenvalue weighted by molar-refractivity contribution is -0.144. The molecule has 2 saturated heterocycles. The number of nitrogens with zero attached hydrogens (tertiary/aromatic N) is 4. The zero-order valence-corrected chi connectivity index (χ0v) is 54.2. The molecule has 2 fully saturated rings. The molecule has 0 spiro atoms. The van der Waals surface area contributed by atoms with E-state index in [0.29, 0.717) is 58.7 Å². The fourth-order valence-corrected chi connectivity index (χ4v) is 11.2. The van der Waals surface area contributed by atoms with Gasteiger partial charge in [0.15, 0.2) is 5.78 Å². The number of aliphatic carboxylic acids is 1. The number of ether oxygens (including phenoxy) is 2. The van der Waals surface area contributed by atoms with Crippen LogP contribution in [0.4, 0.5) is 8.78 Å². The van der Waals surface area contributed by atoms with E-state index >= 15 is 0 Å². The molecule has 480 valence electrons. The van der Waals surface area contributed by atoms with Crippen molar-refractivity contribution in [3.05, 3.63) is 187 Å². The lowest BCUT2D eigenvalue weighted by atomic mass is 9.85. The van der Waals surface area contributed by atoms with Crippen molar-refractivity contribution < 1.29 is 42.5 Å². The summed E-state index contributed by atoms with van der Waals surface area (Å²) in [5.74, 6) is -1.78. The molecule has 0 aliphatic carbocycles. The molecule has 8 rings (SSSR count). The first-order valence-electron chi connectivity index (χ1n) is 29.7. The third kappa shape index (κ3) is 21.8. The van der Waals surface area contributed by atoms with Crippen LogP contribution in [0.15, 0.2) is 131 Å². The maximum absolute atomic E-state index is 14.1. The van der Waals surface area contributed by atoms with Gasteiger partial charge in [-0.2, -0.15) is 27.0 Å². The second-order valence-corrected chi connectivity index (χ2v) is 23.6. The number of nitrogens with two attached hydrogens (primary N) is 1. The number of carbonyl (C=O) groups excluding carboxylic acids is 3. The van der Waals surface area contributed by atoms with E-state index in [1.807, 2.05) is 67.8 Å². The van der Waals surface area contributed by atoms with Gasteiger partial charge in [0.05, 0.1) is 32.1 Å². The molecule has 2 aromatic heterocycles. The van der Waals surface area contributed by atoms with Gasteiger partial charge in [0.2, 0.25) is 0 Å². The van der Waals surface area contributed by atoms with Crippen molar-refractivity contribution >= 4 is 50.7 Å². The Hall–Kier alpha value is -6.70. The van der Waals surface area contributed by atoms with Crippen LogP contribution in [-0.4, -0.2) is 99.5 Å². The number of aryl methyl sites for hydroxylation is 4. The smallest absolute Gasteiger partial charge is 0.326 e. The minimum Gasteiger partial charge on any atom is -0.480 e. The largest absolute Gasteiger partial charge is 0.480 e. The van der Waals surface area contributed by atoms with Gasteiger partial charge in [0.25, 0.3) is 11.1 Å². The minimum absolute atomic E-state index is 0. The highest BCUT2D eigenvalue weighted by atomic mass is 32.1. The van der Waals surface area contributed by atoms with E-state index in [9.17, 15) is 42.7 Å². The predicted molar refractivity (Wildman–Crippen MR) is 358 cm³/mol. The second-order valence-electron chi connectivity index (χ2n) is 23.6. The van der Waals surface area contributed by atoms with Crippen molar-refractivity contribution in [2.45, 2.75) is 158 Å². The maximum atomic E-state index is 14.1. The number of pyridine rings is 2. The summed E-state index contributed by atoms with van der Waals surface area (Å²) in [6.07, 6.45) is 3.01. The van der Waals surface area contributed by atoms with Gasteiger partial charge >= 0.3 is 17.9 Å². The van der Waals surface area contributed by atoms with Crippen molar-refractivity contribution in [3.8, 4) is 22.3 Å². The Morgan fingerprint density at radius 3 is 1.36 bits per heavy atom. The van der Waals surface area contributed by atoms with Crippen LogP contribution >= 0.6 is 27.0 Å². The van der Waals surface area contributed by atoms with Crippen LogP contribution in [0.5, 0.6) is 0 Å². The molecule has 3 N–H and O–H groups in total. The Kier molecular flexibility index (Phi) is 31.0. The van der Waals surface area contributed by atoms with Gasteiger partial charge in [-0.3, -0.25) is 33.8 Å². The predicted octanol–water partition coefficient (Wildman–Crippen LogP) is 13.0. The Morgan fingerprint density at radius 2 is 0.955 bits per heavy atom. The summed E-state index contributed by atoms with van der Waals surface area (Å²) in [7, 11) is 0. The number of hydrogen-bond acceptors (Lipinski definition) is 11. The van der Waals surface area contributed by atoms with Crippen molar-refractivity contribution in [2.75, 3.05) is 39.4 Å². The third-order valence-electron chi connectivity index (χ3n) is 15.4. The number of rotatable bonds is 24. The number of likely N-dealkylation sites (tertiary alicyclic amines) is 2. The van der Waals surface area contributed by atoms with Crippen LogP contribution < -0.4 is 16.9 Å². The molecule has 4 aromatic carbocycles. The Morgan fingerprint density at radius 1 is 0.568 bits per heavy atom. The number of carbonyl (C=O) groups is 4. The Labute approximate surface area is 533 Å². The first kappa shape index (κ1) is 75.5. The SMILES string of the molecule is C.CC(C)CC(C(=O)O)n1cc(CN2CC(F)C2)ccc1=O.CCOC(=O)C[C@H](CC(=O)C(CC(C)C)n1cc(CN2CC(F)C2)ccc1=O)c1cccc(-c2c(C)cccc2C)c1.CCOC(=O)C[C@H](N)c1cccc(-c2c(C)cccc2C)c1.S.S. The van der Waals surface area contributed by atoms with Gasteiger partial charge < -0.3 is 29.4 Å². The molecule has 0 bridgehead atoms. The second kappa shape index (κ2) is 36.1. The van der Waals surface area contributed by atoms with E-state index in [0.717, 1.165) is 50.1 Å². The lowest BCUT2D eigenvalue weighted by Gasteiger charge is -2.34. The summed E-state index contributed by atoms with van der Waals surface area (Å²) in [6.45, 7) is 23.1. The quantitative estimate of drug-likeness (QED) is 0.0548. The van der Waals surface area contributed by atoms with Crippen LogP contribution in [0, 0.1) is 39.5 Å². The van der Waals surface area contributed by atoms with Gasteiger partial charge in [0.1, 0.15) is 18.4 Å². The number of alkyl halides is 2. The summed E-state index contributed by atoms with van der Waals surface area (Å²) < 4.78 is 39.3. The van der Waals surface area contributed by atoms with Crippen LogP contribution in [-0.2, 0) is 41.7 Å². The summed E-state index contributed by atoms with van der Waals surface area (Å²) >= 11 is 0. The van der Waals surface area contributed by atoms with Crippen LogP contribution in [0.3, 0.4) is 0 Å². The maximum Gasteiger partial charge on any atom is 0.326 e. The lowest BCUT2D eigenvalue weighted by Crippen LogP contribution is -2.47. The first-order valence-corrected chi connectivity index (χ1v) is 29.7. The van der Waals surface area contributed by atoms with E-state index in [-0.39, 0.29) is 107 Å².